The Morgan fingerprint density at radius 1 is 1.09 bits per heavy atom. The van der Waals surface area contributed by atoms with Crippen LogP contribution >= 0.6 is 0 Å². The van der Waals surface area contributed by atoms with Crippen LogP contribution in [0.25, 0.3) is 22.4 Å². The van der Waals surface area contributed by atoms with Gasteiger partial charge in [0.2, 0.25) is 5.65 Å². The lowest BCUT2D eigenvalue weighted by molar-refractivity contribution is 0.279. The second-order valence-electron chi connectivity index (χ2n) is 7.02. The number of rotatable bonds is 2. The van der Waals surface area contributed by atoms with Crippen molar-refractivity contribution in [1.82, 2.24) is 20.2 Å². The topological polar surface area (TPSA) is 57.7 Å². The molecule has 4 rings (SSSR count). The van der Waals surface area contributed by atoms with Crippen LogP contribution in [0.2, 0.25) is 0 Å². The summed E-state index contributed by atoms with van der Waals surface area (Å²) in [7, 11) is 0. The van der Waals surface area contributed by atoms with Gasteiger partial charge < -0.3 is 4.90 Å². The summed E-state index contributed by atoms with van der Waals surface area (Å²) in [6, 6.07) is 10.1. The molecule has 3 aromatic rings. The number of benzene rings is 1. The minimum atomic E-state index is 0.431. The molecule has 0 amide bonds. The lowest BCUT2D eigenvalue weighted by Gasteiger charge is -2.37. The van der Waals surface area contributed by atoms with Crippen molar-refractivity contribution in [3.63, 3.8) is 0 Å². The summed E-state index contributed by atoms with van der Waals surface area (Å²) in [6.45, 7) is 6.73. The molecular formula is C18H21N5. The summed E-state index contributed by atoms with van der Waals surface area (Å²) < 4.78 is 0. The summed E-state index contributed by atoms with van der Waals surface area (Å²) >= 11 is 0. The number of anilines is 1. The number of nitrogens with zero attached hydrogens (tertiary/aromatic N) is 4. The molecule has 1 fully saturated rings. The number of hydrogen-bond donors (Lipinski definition) is 1. The highest BCUT2D eigenvalue weighted by Crippen LogP contribution is 2.32. The van der Waals surface area contributed by atoms with E-state index in [9.17, 15) is 0 Å². The highest BCUT2D eigenvalue weighted by atomic mass is 15.2. The number of aromatic nitrogens is 4. The first-order chi connectivity index (χ1) is 11.1. The molecule has 23 heavy (non-hydrogen) atoms. The Balaban J connectivity index is 1.65. The summed E-state index contributed by atoms with van der Waals surface area (Å²) in [6.07, 6.45) is 4.24. The van der Waals surface area contributed by atoms with Crippen LogP contribution in [0, 0.1) is 5.41 Å². The van der Waals surface area contributed by atoms with Crippen LogP contribution < -0.4 is 4.90 Å². The molecule has 0 unspecified atom stereocenters. The lowest BCUT2D eigenvalue weighted by atomic mass is 9.83. The van der Waals surface area contributed by atoms with E-state index in [4.69, 9.17) is 4.98 Å². The molecular weight excluding hydrogens is 286 g/mol. The van der Waals surface area contributed by atoms with E-state index in [1.165, 1.54) is 12.8 Å². The first-order valence-corrected chi connectivity index (χ1v) is 8.14. The monoisotopic (exact) mass is 307 g/mol. The van der Waals surface area contributed by atoms with Gasteiger partial charge in [0.15, 0.2) is 0 Å². The summed E-state index contributed by atoms with van der Waals surface area (Å²) in [5, 5.41) is 7.43. The summed E-state index contributed by atoms with van der Waals surface area (Å²) in [4.78, 5) is 11.7. The molecule has 0 radical (unpaired) electrons. The van der Waals surface area contributed by atoms with Gasteiger partial charge in [-0.1, -0.05) is 44.2 Å². The van der Waals surface area contributed by atoms with Crippen LogP contribution in [0.3, 0.4) is 0 Å². The van der Waals surface area contributed by atoms with E-state index in [-0.39, 0.29) is 0 Å². The predicted octanol–water partition coefficient (Wildman–Crippen LogP) is 3.65. The SMILES string of the molecule is CC1(C)CCN(c2cnc3c(-c4ccccc4)[nH]nc3n2)CC1. The van der Waals surface area contributed by atoms with Gasteiger partial charge in [0.05, 0.1) is 11.9 Å². The molecule has 5 heteroatoms. The summed E-state index contributed by atoms with van der Waals surface area (Å²) in [5.74, 6) is 0.930. The van der Waals surface area contributed by atoms with E-state index in [1.807, 2.05) is 24.4 Å². The van der Waals surface area contributed by atoms with Gasteiger partial charge in [-0.25, -0.2) is 9.97 Å². The van der Waals surface area contributed by atoms with Crippen LogP contribution in [0.1, 0.15) is 26.7 Å². The Hall–Kier alpha value is -2.43. The standard InChI is InChI=1S/C18H21N5/c1-18(2)8-10-23(11-9-18)14-12-19-16-15(21-22-17(16)20-14)13-6-4-3-5-7-13/h3-7,12H,8-11H2,1-2H3,(H,20,21,22). The quantitative estimate of drug-likeness (QED) is 0.785. The molecule has 0 bridgehead atoms. The summed E-state index contributed by atoms with van der Waals surface area (Å²) in [5.41, 5.74) is 3.96. The first-order valence-electron chi connectivity index (χ1n) is 8.14. The predicted molar refractivity (Wildman–Crippen MR) is 92.3 cm³/mol. The minimum Gasteiger partial charge on any atom is -0.355 e. The molecule has 0 saturated carbocycles. The zero-order chi connectivity index (χ0) is 15.9. The van der Waals surface area contributed by atoms with Crippen LogP contribution in [0.15, 0.2) is 36.5 Å². The van der Waals surface area contributed by atoms with Crippen molar-refractivity contribution in [3.8, 4) is 11.3 Å². The molecule has 1 aromatic carbocycles. The van der Waals surface area contributed by atoms with Crippen molar-refractivity contribution in [2.24, 2.45) is 5.41 Å². The fourth-order valence-corrected chi connectivity index (χ4v) is 3.09. The van der Waals surface area contributed by atoms with E-state index in [0.717, 1.165) is 35.7 Å². The molecule has 1 saturated heterocycles. The lowest BCUT2D eigenvalue weighted by Crippen LogP contribution is -2.37. The van der Waals surface area contributed by atoms with E-state index < -0.39 is 0 Å². The van der Waals surface area contributed by atoms with Crippen molar-refractivity contribution < 1.29 is 0 Å². The third-order valence-corrected chi connectivity index (χ3v) is 4.76. The van der Waals surface area contributed by atoms with Gasteiger partial charge in [-0.2, -0.15) is 5.10 Å². The largest absolute Gasteiger partial charge is 0.355 e. The van der Waals surface area contributed by atoms with Crippen molar-refractivity contribution in [2.45, 2.75) is 26.7 Å². The van der Waals surface area contributed by atoms with Gasteiger partial charge >= 0.3 is 0 Å². The Kier molecular flexibility index (Phi) is 3.29. The van der Waals surface area contributed by atoms with Crippen molar-refractivity contribution in [2.75, 3.05) is 18.0 Å². The van der Waals surface area contributed by atoms with Gasteiger partial charge in [-0.15, -0.1) is 0 Å². The number of piperidine rings is 1. The van der Waals surface area contributed by atoms with Gasteiger partial charge in [0.25, 0.3) is 0 Å². The van der Waals surface area contributed by atoms with E-state index >= 15 is 0 Å². The molecule has 1 aliphatic rings. The number of H-pyrrole nitrogens is 1. The third-order valence-electron chi connectivity index (χ3n) is 4.76. The number of nitrogens with one attached hydrogen (secondary N) is 1. The Bertz CT molecular complexity index is 812. The normalized spacial score (nSPS) is 17.6. The van der Waals surface area contributed by atoms with Gasteiger partial charge in [0.1, 0.15) is 11.3 Å². The van der Waals surface area contributed by atoms with Gasteiger partial charge in [0, 0.05) is 18.7 Å². The van der Waals surface area contributed by atoms with E-state index in [1.54, 1.807) is 0 Å². The van der Waals surface area contributed by atoms with Crippen molar-refractivity contribution in [3.05, 3.63) is 36.5 Å². The highest BCUT2D eigenvalue weighted by molar-refractivity contribution is 5.87. The van der Waals surface area contributed by atoms with Crippen LogP contribution in [0.5, 0.6) is 0 Å². The highest BCUT2D eigenvalue weighted by Gasteiger charge is 2.26. The smallest absolute Gasteiger partial charge is 0.202 e. The van der Waals surface area contributed by atoms with Crippen molar-refractivity contribution in [1.29, 1.82) is 0 Å². The Morgan fingerprint density at radius 3 is 2.57 bits per heavy atom. The zero-order valence-electron chi connectivity index (χ0n) is 13.6. The fraction of sp³-hybridized carbons (Fsp3) is 0.389. The Morgan fingerprint density at radius 2 is 1.83 bits per heavy atom. The molecule has 5 nitrogen and oxygen atoms in total. The van der Waals surface area contributed by atoms with Crippen LogP contribution in [-0.2, 0) is 0 Å². The van der Waals surface area contributed by atoms with Gasteiger partial charge in [-0.05, 0) is 18.3 Å². The molecule has 0 atom stereocenters. The van der Waals surface area contributed by atoms with E-state index in [2.05, 4.69) is 46.1 Å². The Labute approximate surface area is 135 Å². The fourth-order valence-electron chi connectivity index (χ4n) is 3.09. The molecule has 118 valence electrons. The maximum Gasteiger partial charge on any atom is 0.202 e. The average Bonchev–Trinajstić information content (AvgIpc) is 2.99. The zero-order valence-corrected chi connectivity index (χ0v) is 13.6. The maximum absolute atomic E-state index is 4.71. The van der Waals surface area contributed by atoms with Crippen LogP contribution in [0.4, 0.5) is 5.82 Å². The minimum absolute atomic E-state index is 0.431. The number of fused-ring (bicyclic) bond motifs is 1. The third kappa shape index (κ3) is 2.67. The van der Waals surface area contributed by atoms with Gasteiger partial charge in [-0.3, -0.25) is 5.10 Å². The molecule has 0 spiro atoms. The molecule has 2 aromatic heterocycles. The second-order valence-corrected chi connectivity index (χ2v) is 7.02. The maximum atomic E-state index is 4.71. The van der Waals surface area contributed by atoms with Crippen molar-refractivity contribution >= 4 is 17.0 Å². The second kappa shape index (κ2) is 5.33. The molecule has 0 aliphatic carbocycles. The van der Waals surface area contributed by atoms with E-state index in [0.29, 0.717) is 11.1 Å². The number of aromatic amines is 1. The average molecular weight is 307 g/mol. The molecule has 1 N–H and O–H groups in total. The molecule has 1 aliphatic heterocycles. The molecule has 3 heterocycles. The van der Waals surface area contributed by atoms with Crippen LogP contribution in [-0.4, -0.2) is 33.3 Å². The number of hydrogen-bond acceptors (Lipinski definition) is 4. The first kappa shape index (κ1) is 14.2.